The van der Waals surface area contributed by atoms with E-state index < -0.39 is 0 Å². The van der Waals surface area contributed by atoms with Gasteiger partial charge in [-0.25, -0.2) is 9.67 Å². The number of fused-ring (bicyclic) bond motifs is 2. The highest BCUT2D eigenvalue weighted by Gasteiger charge is 2.23. The number of nitrogens with one attached hydrogen (secondary N) is 1. The first kappa shape index (κ1) is 24.6. The zero-order chi connectivity index (χ0) is 26.6. The van der Waals surface area contributed by atoms with Crippen molar-refractivity contribution in [2.75, 3.05) is 19.4 Å². The first-order valence-electron chi connectivity index (χ1n) is 12.9. The van der Waals surface area contributed by atoms with Gasteiger partial charge in [-0.2, -0.15) is 5.10 Å². The lowest BCUT2D eigenvalue weighted by atomic mass is 9.95. The van der Waals surface area contributed by atoms with Gasteiger partial charge >= 0.3 is 0 Å². The molecule has 4 aromatic heterocycles. The van der Waals surface area contributed by atoms with Gasteiger partial charge in [0.2, 0.25) is 0 Å². The van der Waals surface area contributed by atoms with Gasteiger partial charge in [0.05, 0.1) is 23.3 Å². The molecule has 6 rings (SSSR count). The van der Waals surface area contributed by atoms with Crippen LogP contribution in [0.2, 0.25) is 5.15 Å². The van der Waals surface area contributed by atoms with E-state index in [1.807, 2.05) is 66.9 Å². The first-order valence-corrected chi connectivity index (χ1v) is 13.2. The highest BCUT2D eigenvalue weighted by atomic mass is 35.5. The number of hydrogen-bond acceptors (Lipinski definition) is 6. The molecule has 0 radical (unpaired) electrons. The molecule has 0 saturated heterocycles. The Labute approximate surface area is 225 Å². The highest BCUT2D eigenvalue weighted by Crippen LogP contribution is 2.35. The van der Waals surface area contributed by atoms with Gasteiger partial charge in [0.1, 0.15) is 10.8 Å². The highest BCUT2D eigenvalue weighted by molar-refractivity contribution is 6.29. The van der Waals surface area contributed by atoms with Crippen LogP contribution in [-0.2, 0) is 19.6 Å². The molecule has 1 atom stereocenters. The molecular weight excluding hydrogens is 498 g/mol. The van der Waals surface area contributed by atoms with Crippen LogP contribution >= 0.6 is 11.6 Å². The van der Waals surface area contributed by atoms with Crippen LogP contribution in [0.5, 0.6) is 0 Å². The van der Waals surface area contributed by atoms with Gasteiger partial charge in [-0.3, -0.25) is 14.3 Å². The van der Waals surface area contributed by atoms with Crippen LogP contribution in [0.1, 0.15) is 36.2 Å². The molecule has 0 saturated carbocycles. The molecule has 194 valence electrons. The van der Waals surface area contributed by atoms with Crippen LogP contribution < -0.4 is 10.9 Å². The van der Waals surface area contributed by atoms with E-state index in [-0.39, 0.29) is 11.6 Å². The summed E-state index contributed by atoms with van der Waals surface area (Å²) in [6.45, 7) is 6.45. The summed E-state index contributed by atoms with van der Waals surface area (Å²) in [5.74, 6) is 0. The van der Waals surface area contributed by atoms with Crippen LogP contribution in [0.4, 0.5) is 5.69 Å². The molecule has 8 nitrogen and oxygen atoms in total. The fourth-order valence-electron chi connectivity index (χ4n) is 5.52. The van der Waals surface area contributed by atoms with E-state index in [0.29, 0.717) is 5.15 Å². The maximum Gasteiger partial charge on any atom is 0.260 e. The quantitative estimate of drug-likeness (QED) is 0.297. The molecule has 5 aromatic rings. The van der Waals surface area contributed by atoms with E-state index in [4.69, 9.17) is 11.6 Å². The van der Waals surface area contributed by atoms with Crippen molar-refractivity contribution >= 4 is 39.1 Å². The number of nitrogens with zero attached hydrogens (tertiary/aromatic N) is 6. The Bertz CT molecular complexity index is 1740. The standard InChI is InChI=1S/C29H30ClN7O/c1-17-12-21(26-22(13-17)29(38)36-10-5-11-37-28(36)23(26)15-32-37)18(2)33-24-8-9-25(30)34-27(24)19-6-7-20(31-14-19)16-35(3)4/h6-9,12-15,18,33H,5,10-11,16H2,1-4H3. The number of hydrogen-bond donors (Lipinski definition) is 1. The number of anilines is 1. The molecule has 0 aliphatic carbocycles. The minimum Gasteiger partial charge on any atom is -0.377 e. The molecule has 1 N–H and O–H groups in total. The van der Waals surface area contributed by atoms with Gasteiger partial charge in [0.25, 0.3) is 5.56 Å². The monoisotopic (exact) mass is 527 g/mol. The van der Waals surface area contributed by atoms with E-state index in [1.54, 1.807) is 6.07 Å². The average Bonchev–Trinajstić information content (AvgIpc) is 3.32. The average molecular weight is 528 g/mol. The third-order valence-electron chi connectivity index (χ3n) is 7.15. The lowest BCUT2D eigenvalue weighted by Crippen LogP contribution is -2.27. The molecule has 0 fully saturated rings. The van der Waals surface area contributed by atoms with E-state index in [0.717, 1.165) is 81.6 Å². The second-order valence-electron chi connectivity index (χ2n) is 10.4. The molecule has 0 amide bonds. The molecule has 1 aliphatic heterocycles. The van der Waals surface area contributed by atoms with Crippen molar-refractivity contribution in [3.63, 3.8) is 0 Å². The van der Waals surface area contributed by atoms with Crippen molar-refractivity contribution < 1.29 is 0 Å². The van der Waals surface area contributed by atoms with E-state index in [2.05, 4.69) is 38.3 Å². The number of aryl methyl sites for hydroxylation is 3. The summed E-state index contributed by atoms with van der Waals surface area (Å²) in [7, 11) is 4.04. The molecular formula is C29H30ClN7O. The van der Waals surface area contributed by atoms with Crippen molar-refractivity contribution in [1.82, 2.24) is 29.2 Å². The van der Waals surface area contributed by atoms with Gasteiger partial charge in [-0.05, 0) is 75.8 Å². The summed E-state index contributed by atoms with van der Waals surface area (Å²) in [5, 5.41) is 11.4. The van der Waals surface area contributed by atoms with E-state index in [9.17, 15) is 4.79 Å². The fourth-order valence-corrected chi connectivity index (χ4v) is 5.67. The lowest BCUT2D eigenvalue weighted by Gasteiger charge is -2.22. The molecule has 1 unspecified atom stereocenters. The SMILES string of the molecule is Cc1cc(C(C)Nc2ccc(Cl)nc2-c2ccc(CN(C)C)nc2)c2c(c1)c(=O)n1c3c2cnn3CCC1. The van der Waals surface area contributed by atoms with Crippen LogP contribution in [0.3, 0.4) is 0 Å². The Morgan fingerprint density at radius 1 is 1.11 bits per heavy atom. The second kappa shape index (κ2) is 9.53. The zero-order valence-corrected chi connectivity index (χ0v) is 22.8. The summed E-state index contributed by atoms with van der Waals surface area (Å²) in [6.07, 6.45) is 4.65. The minimum absolute atomic E-state index is 0.0452. The number of rotatable bonds is 6. The Morgan fingerprint density at radius 2 is 1.95 bits per heavy atom. The van der Waals surface area contributed by atoms with Crippen molar-refractivity contribution in [3.05, 3.63) is 81.1 Å². The Kier molecular flexibility index (Phi) is 6.16. The molecule has 38 heavy (non-hydrogen) atoms. The summed E-state index contributed by atoms with van der Waals surface area (Å²) in [4.78, 5) is 24.9. The van der Waals surface area contributed by atoms with Crippen molar-refractivity contribution in [2.24, 2.45) is 0 Å². The Morgan fingerprint density at radius 3 is 2.71 bits per heavy atom. The number of aromatic nitrogens is 5. The fraction of sp³-hybridized carbons (Fsp3) is 0.310. The number of pyridine rings is 3. The molecule has 1 aromatic carbocycles. The lowest BCUT2D eigenvalue weighted by molar-refractivity contribution is 0.397. The smallest absolute Gasteiger partial charge is 0.260 e. The van der Waals surface area contributed by atoms with Gasteiger partial charge in [0, 0.05) is 53.6 Å². The van der Waals surface area contributed by atoms with Gasteiger partial charge in [0.15, 0.2) is 0 Å². The topological polar surface area (TPSA) is 80.9 Å². The molecule has 5 heterocycles. The first-order chi connectivity index (χ1) is 18.3. The van der Waals surface area contributed by atoms with Crippen molar-refractivity contribution in [1.29, 1.82) is 0 Å². The number of halogens is 1. The second-order valence-corrected chi connectivity index (χ2v) is 10.8. The number of benzene rings is 1. The summed E-state index contributed by atoms with van der Waals surface area (Å²) in [6, 6.07) is 11.8. The van der Waals surface area contributed by atoms with Gasteiger partial charge < -0.3 is 10.2 Å². The molecule has 9 heteroatoms. The largest absolute Gasteiger partial charge is 0.377 e. The minimum atomic E-state index is -0.121. The predicted molar refractivity (Wildman–Crippen MR) is 153 cm³/mol. The maximum absolute atomic E-state index is 13.6. The Hall–Kier alpha value is -3.75. The van der Waals surface area contributed by atoms with Crippen LogP contribution in [0, 0.1) is 6.92 Å². The zero-order valence-electron chi connectivity index (χ0n) is 22.0. The van der Waals surface area contributed by atoms with E-state index in [1.165, 1.54) is 0 Å². The van der Waals surface area contributed by atoms with Crippen LogP contribution in [0.25, 0.3) is 33.1 Å². The predicted octanol–water partition coefficient (Wildman–Crippen LogP) is 5.41. The van der Waals surface area contributed by atoms with Crippen molar-refractivity contribution in [2.45, 2.75) is 45.9 Å². The molecule has 0 spiro atoms. The molecule has 0 bridgehead atoms. The third kappa shape index (κ3) is 4.23. The van der Waals surface area contributed by atoms with E-state index >= 15 is 0 Å². The maximum atomic E-state index is 13.6. The van der Waals surface area contributed by atoms with Gasteiger partial charge in [-0.1, -0.05) is 17.7 Å². The van der Waals surface area contributed by atoms with Crippen LogP contribution in [0.15, 0.2) is 53.6 Å². The van der Waals surface area contributed by atoms with Gasteiger partial charge in [-0.15, -0.1) is 0 Å². The summed E-state index contributed by atoms with van der Waals surface area (Å²) < 4.78 is 3.83. The molecule has 1 aliphatic rings. The normalized spacial score (nSPS) is 13.9. The van der Waals surface area contributed by atoms with Crippen LogP contribution in [-0.4, -0.2) is 43.3 Å². The summed E-state index contributed by atoms with van der Waals surface area (Å²) >= 11 is 6.33. The van der Waals surface area contributed by atoms with Crippen molar-refractivity contribution in [3.8, 4) is 11.3 Å². The summed E-state index contributed by atoms with van der Waals surface area (Å²) in [5.41, 5.74) is 6.50. The Balaban J connectivity index is 1.45. The third-order valence-corrected chi connectivity index (χ3v) is 7.36.